The molecule has 0 saturated carbocycles. The molecule has 1 saturated heterocycles. The first-order chi connectivity index (χ1) is 6.26. The Morgan fingerprint density at radius 2 is 2.38 bits per heavy atom. The van der Waals surface area contributed by atoms with Crippen LogP contribution in [-0.4, -0.2) is 44.0 Å². The van der Waals surface area contributed by atoms with E-state index in [4.69, 9.17) is 4.74 Å². The zero-order chi connectivity index (χ0) is 9.68. The molecule has 0 spiro atoms. The molecule has 3 heteroatoms. The van der Waals surface area contributed by atoms with Crippen LogP contribution in [0.1, 0.15) is 19.8 Å². The van der Waals surface area contributed by atoms with Crippen LogP contribution in [0, 0.1) is 5.92 Å². The Morgan fingerprint density at radius 1 is 1.62 bits per heavy atom. The maximum Gasteiger partial charge on any atom is 0.172 e. The number of ketones is 1. The van der Waals surface area contributed by atoms with E-state index in [2.05, 4.69) is 11.8 Å². The standard InChI is InChI=1S/C10H19NO2/c1-3-9-4-5-11(6-9)7-10(12)8-13-2/h9H,3-8H2,1-2H3. The van der Waals surface area contributed by atoms with E-state index in [1.54, 1.807) is 7.11 Å². The van der Waals surface area contributed by atoms with Gasteiger partial charge < -0.3 is 4.74 Å². The summed E-state index contributed by atoms with van der Waals surface area (Å²) in [7, 11) is 1.57. The van der Waals surface area contributed by atoms with Crippen molar-refractivity contribution < 1.29 is 9.53 Å². The van der Waals surface area contributed by atoms with Gasteiger partial charge in [-0.2, -0.15) is 0 Å². The van der Waals surface area contributed by atoms with Crippen molar-refractivity contribution in [2.75, 3.05) is 33.4 Å². The molecule has 0 N–H and O–H groups in total. The Labute approximate surface area is 80.1 Å². The van der Waals surface area contributed by atoms with Crippen LogP contribution < -0.4 is 0 Å². The molecule has 13 heavy (non-hydrogen) atoms. The molecule has 0 amide bonds. The fourth-order valence-corrected chi connectivity index (χ4v) is 1.85. The highest BCUT2D eigenvalue weighted by Gasteiger charge is 2.22. The summed E-state index contributed by atoms with van der Waals surface area (Å²) in [6.07, 6.45) is 2.48. The Morgan fingerprint density at radius 3 is 2.92 bits per heavy atom. The van der Waals surface area contributed by atoms with E-state index < -0.39 is 0 Å². The number of carbonyl (C=O) groups is 1. The first kappa shape index (κ1) is 10.7. The molecule has 1 atom stereocenters. The molecule has 1 unspecified atom stereocenters. The van der Waals surface area contributed by atoms with Crippen molar-refractivity contribution in [3.05, 3.63) is 0 Å². The monoisotopic (exact) mass is 185 g/mol. The van der Waals surface area contributed by atoms with E-state index in [1.807, 2.05) is 0 Å². The number of methoxy groups -OCH3 is 1. The maximum absolute atomic E-state index is 11.2. The van der Waals surface area contributed by atoms with Gasteiger partial charge in [0.05, 0.1) is 6.54 Å². The average Bonchev–Trinajstić information content (AvgIpc) is 2.52. The molecular formula is C10H19NO2. The Kier molecular flexibility index (Phi) is 4.39. The molecule has 0 aliphatic carbocycles. The summed E-state index contributed by atoms with van der Waals surface area (Å²) in [4.78, 5) is 13.5. The summed E-state index contributed by atoms with van der Waals surface area (Å²) in [5.74, 6) is 0.995. The minimum atomic E-state index is 0.194. The van der Waals surface area contributed by atoms with Crippen LogP contribution in [0.3, 0.4) is 0 Å². The SMILES string of the molecule is CCC1CCN(CC(=O)COC)C1. The van der Waals surface area contributed by atoms with Crippen molar-refractivity contribution in [1.29, 1.82) is 0 Å². The van der Waals surface area contributed by atoms with Crippen molar-refractivity contribution in [2.45, 2.75) is 19.8 Å². The van der Waals surface area contributed by atoms with Crippen LogP contribution in [-0.2, 0) is 9.53 Å². The predicted octanol–water partition coefficient (Wildman–Crippen LogP) is 0.934. The van der Waals surface area contributed by atoms with Gasteiger partial charge in [0.15, 0.2) is 5.78 Å². The van der Waals surface area contributed by atoms with Gasteiger partial charge in [0.2, 0.25) is 0 Å². The third kappa shape index (κ3) is 3.44. The topological polar surface area (TPSA) is 29.5 Å². The molecule has 0 aromatic carbocycles. The molecule has 1 rings (SSSR count). The zero-order valence-electron chi connectivity index (χ0n) is 8.58. The van der Waals surface area contributed by atoms with Crippen LogP contribution in [0.15, 0.2) is 0 Å². The number of likely N-dealkylation sites (tertiary alicyclic amines) is 1. The van der Waals surface area contributed by atoms with Gasteiger partial charge >= 0.3 is 0 Å². The first-order valence-corrected chi connectivity index (χ1v) is 4.99. The molecule has 0 radical (unpaired) electrons. The van der Waals surface area contributed by atoms with Crippen molar-refractivity contribution in [3.8, 4) is 0 Å². The van der Waals surface area contributed by atoms with Gasteiger partial charge in [-0.05, 0) is 18.9 Å². The number of hydrogen-bond donors (Lipinski definition) is 0. The summed E-state index contributed by atoms with van der Waals surface area (Å²) < 4.78 is 4.79. The summed E-state index contributed by atoms with van der Waals surface area (Å²) in [6, 6.07) is 0. The van der Waals surface area contributed by atoms with E-state index in [9.17, 15) is 4.79 Å². The third-order valence-corrected chi connectivity index (χ3v) is 2.65. The van der Waals surface area contributed by atoms with E-state index in [0.717, 1.165) is 19.0 Å². The van der Waals surface area contributed by atoms with Crippen molar-refractivity contribution in [2.24, 2.45) is 5.92 Å². The Balaban J connectivity index is 2.19. The van der Waals surface area contributed by atoms with Crippen LogP contribution in [0.4, 0.5) is 0 Å². The highest BCUT2D eigenvalue weighted by Crippen LogP contribution is 2.18. The lowest BCUT2D eigenvalue weighted by atomic mass is 10.1. The second kappa shape index (κ2) is 5.35. The van der Waals surface area contributed by atoms with Crippen LogP contribution in [0.25, 0.3) is 0 Å². The summed E-state index contributed by atoms with van der Waals surface area (Å²) in [6.45, 7) is 5.21. The molecule has 0 aromatic heterocycles. The van der Waals surface area contributed by atoms with Gasteiger partial charge in [-0.3, -0.25) is 9.69 Å². The lowest BCUT2D eigenvalue weighted by Gasteiger charge is -2.13. The fourth-order valence-electron chi connectivity index (χ4n) is 1.85. The minimum Gasteiger partial charge on any atom is -0.377 e. The van der Waals surface area contributed by atoms with Gasteiger partial charge in [-0.1, -0.05) is 13.3 Å². The quantitative estimate of drug-likeness (QED) is 0.638. The van der Waals surface area contributed by atoms with Crippen molar-refractivity contribution in [1.82, 2.24) is 4.90 Å². The normalized spacial score (nSPS) is 23.7. The largest absolute Gasteiger partial charge is 0.377 e. The second-order valence-electron chi connectivity index (χ2n) is 3.77. The minimum absolute atomic E-state index is 0.194. The van der Waals surface area contributed by atoms with E-state index in [-0.39, 0.29) is 12.4 Å². The fraction of sp³-hybridized carbons (Fsp3) is 0.900. The van der Waals surface area contributed by atoms with Gasteiger partial charge in [-0.15, -0.1) is 0 Å². The summed E-state index contributed by atoms with van der Waals surface area (Å²) in [5, 5.41) is 0. The number of carbonyl (C=O) groups excluding carboxylic acids is 1. The van der Waals surface area contributed by atoms with E-state index in [0.29, 0.717) is 6.54 Å². The van der Waals surface area contributed by atoms with Crippen LogP contribution >= 0.6 is 0 Å². The van der Waals surface area contributed by atoms with Gasteiger partial charge in [0.25, 0.3) is 0 Å². The van der Waals surface area contributed by atoms with Crippen LogP contribution in [0.5, 0.6) is 0 Å². The van der Waals surface area contributed by atoms with E-state index in [1.165, 1.54) is 12.8 Å². The molecular weight excluding hydrogens is 166 g/mol. The Hall–Kier alpha value is -0.410. The molecule has 1 aliphatic rings. The molecule has 0 bridgehead atoms. The number of Topliss-reactive ketones (excluding diaryl/α,β-unsaturated/α-hetero) is 1. The highest BCUT2D eigenvalue weighted by atomic mass is 16.5. The van der Waals surface area contributed by atoms with Gasteiger partial charge in [0, 0.05) is 13.7 Å². The molecule has 1 aliphatic heterocycles. The third-order valence-electron chi connectivity index (χ3n) is 2.65. The lowest BCUT2D eigenvalue weighted by molar-refractivity contribution is -0.123. The second-order valence-corrected chi connectivity index (χ2v) is 3.77. The zero-order valence-corrected chi connectivity index (χ0v) is 8.58. The molecule has 76 valence electrons. The van der Waals surface area contributed by atoms with E-state index >= 15 is 0 Å². The highest BCUT2D eigenvalue weighted by molar-refractivity contribution is 5.81. The van der Waals surface area contributed by atoms with Crippen molar-refractivity contribution in [3.63, 3.8) is 0 Å². The smallest absolute Gasteiger partial charge is 0.172 e. The van der Waals surface area contributed by atoms with Gasteiger partial charge in [0.1, 0.15) is 6.61 Å². The summed E-state index contributed by atoms with van der Waals surface area (Å²) in [5.41, 5.74) is 0. The number of ether oxygens (including phenoxy) is 1. The average molecular weight is 185 g/mol. The summed E-state index contributed by atoms with van der Waals surface area (Å²) >= 11 is 0. The predicted molar refractivity (Wildman–Crippen MR) is 51.7 cm³/mol. The Bertz CT molecular complexity index is 170. The molecule has 0 aromatic rings. The molecule has 1 fully saturated rings. The number of rotatable bonds is 5. The lowest BCUT2D eigenvalue weighted by Crippen LogP contribution is -2.29. The molecule has 1 heterocycles. The first-order valence-electron chi connectivity index (χ1n) is 4.99. The van der Waals surface area contributed by atoms with Gasteiger partial charge in [-0.25, -0.2) is 0 Å². The van der Waals surface area contributed by atoms with Crippen molar-refractivity contribution >= 4 is 5.78 Å². The number of nitrogens with zero attached hydrogens (tertiary/aromatic N) is 1. The number of hydrogen-bond acceptors (Lipinski definition) is 3. The van der Waals surface area contributed by atoms with Crippen LogP contribution in [0.2, 0.25) is 0 Å². The molecule has 3 nitrogen and oxygen atoms in total. The maximum atomic E-state index is 11.2.